The lowest BCUT2D eigenvalue weighted by Gasteiger charge is -2.20. The van der Waals surface area contributed by atoms with Crippen LogP contribution in [0, 0.1) is 19.3 Å². The van der Waals surface area contributed by atoms with E-state index in [-0.39, 0.29) is 11.4 Å². The molecule has 1 aromatic heterocycles. The fraction of sp³-hybridized carbons (Fsp3) is 0.259. The van der Waals surface area contributed by atoms with E-state index in [1.807, 2.05) is 31.3 Å². The molecule has 0 bridgehead atoms. The molecule has 2 aliphatic heterocycles. The number of benzene rings is 2. The summed E-state index contributed by atoms with van der Waals surface area (Å²) in [5, 5.41) is 17.0. The molecule has 35 heavy (non-hydrogen) atoms. The van der Waals surface area contributed by atoms with Crippen LogP contribution in [-0.4, -0.2) is 38.1 Å². The third kappa shape index (κ3) is 4.53. The van der Waals surface area contributed by atoms with Gasteiger partial charge < -0.3 is 9.30 Å². The molecule has 2 aliphatic rings. The van der Waals surface area contributed by atoms with E-state index in [9.17, 15) is 4.79 Å². The summed E-state index contributed by atoms with van der Waals surface area (Å²) in [6, 6.07) is 14.3. The first kappa shape index (κ1) is 23.1. The van der Waals surface area contributed by atoms with Crippen LogP contribution in [0.1, 0.15) is 36.5 Å². The van der Waals surface area contributed by atoms with E-state index in [1.165, 1.54) is 22.3 Å². The highest BCUT2D eigenvalue weighted by Gasteiger charge is 2.35. The summed E-state index contributed by atoms with van der Waals surface area (Å²) >= 11 is 1.37. The summed E-state index contributed by atoms with van der Waals surface area (Å²) in [7, 11) is 0. The third-order valence-corrected chi connectivity index (χ3v) is 6.98. The predicted molar refractivity (Wildman–Crippen MR) is 143 cm³/mol. The highest BCUT2D eigenvalue weighted by Crippen LogP contribution is 2.31. The lowest BCUT2D eigenvalue weighted by atomic mass is 10.1. The smallest absolute Gasteiger partial charge is 0.283 e. The molecule has 3 heterocycles. The van der Waals surface area contributed by atoms with Crippen molar-refractivity contribution in [2.45, 2.75) is 40.2 Å². The second kappa shape index (κ2) is 9.54. The Morgan fingerprint density at radius 3 is 2.83 bits per heavy atom. The molecule has 3 aromatic rings. The minimum atomic E-state index is -0.406. The Hall–Kier alpha value is -3.65. The Bertz CT molecular complexity index is 1430. The van der Waals surface area contributed by atoms with Crippen LogP contribution in [0.15, 0.2) is 64.3 Å². The quantitative estimate of drug-likeness (QED) is 0.432. The molecule has 0 saturated carbocycles. The van der Waals surface area contributed by atoms with E-state index in [4.69, 9.17) is 10.1 Å². The summed E-state index contributed by atoms with van der Waals surface area (Å²) in [5.74, 6) is 0.552. The van der Waals surface area contributed by atoms with Gasteiger partial charge in [-0.1, -0.05) is 37.3 Å². The first-order valence-corrected chi connectivity index (χ1v) is 12.5. The Morgan fingerprint density at radius 2 is 2.00 bits per heavy atom. The number of thioether (sulfide) groups is 1. The number of aliphatic imine (C=N–C) groups is 1. The van der Waals surface area contributed by atoms with Crippen LogP contribution >= 0.6 is 11.8 Å². The monoisotopic (exact) mass is 485 g/mol. The molecule has 0 spiro atoms. The maximum absolute atomic E-state index is 12.8. The van der Waals surface area contributed by atoms with Crippen LogP contribution < -0.4 is 4.74 Å². The van der Waals surface area contributed by atoms with E-state index in [2.05, 4.69) is 52.8 Å². The Kier molecular flexibility index (Phi) is 6.30. The second-order valence-electron chi connectivity index (χ2n) is 8.68. The van der Waals surface area contributed by atoms with Gasteiger partial charge in [0.25, 0.3) is 5.91 Å². The number of hydrazone groups is 1. The van der Waals surface area contributed by atoms with Gasteiger partial charge in [0.05, 0.1) is 12.1 Å². The summed E-state index contributed by atoms with van der Waals surface area (Å²) in [5.41, 5.74) is 4.42. The van der Waals surface area contributed by atoms with Crippen LogP contribution in [0.25, 0.3) is 17.0 Å². The van der Waals surface area contributed by atoms with Crippen molar-refractivity contribution >= 4 is 50.7 Å². The highest BCUT2D eigenvalue weighted by atomic mass is 32.2. The van der Waals surface area contributed by atoms with Gasteiger partial charge in [0, 0.05) is 22.7 Å². The number of aryl methyl sites for hydroxylation is 2. The van der Waals surface area contributed by atoms with Gasteiger partial charge in [-0.3, -0.25) is 10.2 Å². The van der Waals surface area contributed by atoms with Gasteiger partial charge in [0.15, 0.2) is 5.84 Å². The summed E-state index contributed by atoms with van der Waals surface area (Å²) in [4.78, 5) is 17.0. The SMILES string of the molecule is CCCC1=NN2C(=N)/C(=C/c3cn(CCOc4cc(C)ccc4C)c4ccccc34)C(=O)N=C2S1. The molecule has 8 heteroatoms. The number of ether oxygens (including phenoxy) is 1. The van der Waals surface area contributed by atoms with Crippen molar-refractivity contribution in [3.05, 3.63) is 70.9 Å². The van der Waals surface area contributed by atoms with E-state index >= 15 is 0 Å². The Balaban J connectivity index is 1.42. The zero-order chi connectivity index (χ0) is 24.5. The van der Waals surface area contributed by atoms with E-state index in [1.54, 1.807) is 6.08 Å². The van der Waals surface area contributed by atoms with Crippen molar-refractivity contribution in [2.75, 3.05) is 6.61 Å². The first-order valence-electron chi connectivity index (χ1n) is 11.7. The Labute approximate surface area is 208 Å². The fourth-order valence-electron chi connectivity index (χ4n) is 4.19. The molecule has 0 radical (unpaired) electrons. The van der Waals surface area contributed by atoms with Crippen LogP contribution in [0.3, 0.4) is 0 Å². The number of amides is 1. The number of hydrogen-bond donors (Lipinski definition) is 1. The molecule has 0 unspecified atom stereocenters. The van der Waals surface area contributed by atoms with Gasteiger partial charge in [0.2, 0.25) is 5.17 Å². The van der Waals surface area contributed by atoms with E-state index < -0.39 is 5.91 Å². The van der Waals surface area contributed by atoms with Gasteiger partial charge in [-0.15, -0.1) is 0 Å². The second-order valence-corrected chi connectivity index (χ2v) is 9.72. The summed E-state index contributed by atoms with van der Waals surface area (Å²) < 4.78 is 8.20. The Morgan fingerprint density at radius 1 is 1.17 bits per heavy atom. The minimum Gasteiger partial charge on any atom is -0.491 e. The highest BCUT2D eigenvalue weighted by molar-refractivity contribution is 8.26. The number of nitrogens with one attached hydrogen (secondary N) is 1. The molecule has 7 nitrogen and oxygen atoms in total. The number of carbonyl (C=O) groups excluding carboxylic acids is 1. The minimum absolute atomic E-state index is 0.0636. The van der Waals surface area contributed by atoms with Gasteiger partial charge in [0.1, 0.15) is 17.4 Å². The van der Waals surface area contributed by atoms with Crippen molar-refractivity contribution in [1.82, 2.24) is 9.58 Å². The molecule has 178 valence electrons. The standard InChI is InChI=1S/C27H27N5O2S/c1-4-7-24-30-32-25(28)21(26(33)29-27(32)35-24)15-19-16-31(22-9-6-5-8-20(19)22)12-13-34-23-14-17(2)10-11-18(23)3/h5-6,8-11,14-16,28H,4,7,12-13H2,1-3H3/b21-15-,28-25?. The van der Waals surface area contributed by atoms with Crippen LogP contribution in [0.5, 0.6) is 5.75 Å². The van der Waals surface area contributed by atoms with Crippen molar-refractivity contribution in [2.24, 2.45) is 10.1 Å². The number of carbonyl (C=O) groups is 1. The van der Waals surface area contributed by atoms with E-state index in [0.29, 0.717) is 18.3 Å². The van der Waals surface area contributed by atoms with Crippen molar-refractivity contribution in [3.63, 3.8) is 0 Å². The van der Waals surface area contributed by atoms with Crippen LogP contribution in [0.2, 0.25) is 0 Å². The normalized spacial score (nSPS) is 16.7. The average molecular weight is 486 g/mol. The molecule has 0 saturated heterocycles. The first-order chi connectivity index (χ1) is 16.9. The maximum Gasteiger partial charge on any atom is 0.283 e. The molecule has 0 aliphatic carbocycles. The fourth-order valence-corrected chi connectivity index (χ4v) is 5.18. The zero-order valence-electron chi connectivity index (χ0n) is 20.0. The lowest BCUT2D eigenvalue weighted by Crippen LogP contribution is -2.35. The van der Waals surface area contributed by atoms with Crippen molar-refractivity contribution in [3.8, 4) is 5.75 Å². The van der Waals surface area contributed by atoms with Crippen LogP contribution in [0.4, 0.5) is 0 Å². The molecular weight excluding hydrogens is 458 g/mol. The van der Waals surface area contributed by atoms with Crippen LogP contribution in [-0.2, 0) is 11.3 Å². The number of nitrogens with zero attached hydrogens (tertiary/aromatic N) is 4. The number of rotatable bonds is 7. The number of hydrogen-bond acceptors (Lipinski definition) is 5. The number of fused-ring (bicyclic) bond motifs is 2. The maximum atomic E-state index is 12.8. The number of para-hydroxylation sites is 1. The van der Waals surface area contributed by atoms with Gasteiger partial charge in [-0.25, -0.2) is 0 Å². The van der Waals surface area contributed by atoms with Crippen molar-refractivity contribution < 1.29 is 9.53 Å². The molecular formula is C27H27N5O2S. The molecule has 2 aromatic carbocycles. The molecule has 0 atom stereocenters. The predicted octanol–water partition coefficient (Wildman–Crippen LogP) is 5.76. The lowest BCUT2D eigenvalue weighted by molar-refractivity contribution is -0.114. The zero-order valence-corrected chi connectivity index (χ0v) is 20.9. The topological polar surface area (TPSA) is 83.0 Å². The van der Waals surface area contributed by atoms with Gasteiger partial charge in [-0.05, 0) is 67.8 Å². The number of amidine groups is 2. The number of aromatic nitrogens is 1. The van der Waals surface area contributed by atoms with E-state index in [0.717, 1.165) is 45.7 Å². The molecule has 0 fully saturated rings. The molecule has 1 amide bonds. The van der Waals surface area contributed by atoms with Gasteiger partial charge in [-0.2, -0.15) is 15.1 Å². The summed E-state index contributed by atoms with van der Waals surface area (Å²) in [6.45, 7) is 7.34. The van der Waals surface area contributed by atoms with Gasteiger partial charge >= 0.3 is 0 Å². The third-order valence-electron chi connectivity index (χ3n) is 6.01. The molecule has 1 N–H and O–H groups in total. The largest absolute Gasteiger partial charge is 0.491 e. The molecule has 5 rings (SSSR count). The average Bonchev–Trinajstić information content (AvgIpc) is 3.40. The van der Waals surface area contributed by atoms with Crippen molar-refractivity contribution in [1.29, 1.82) is 5.41 Å². The summed E-state index contributed by atoms with van der Waals surface area (Å²) in [6.07, 6.45) is 5.52.